The summed E-state index contributed by atoms with van der Waals surface area (Å²) in [4.78, 5) is 2.46. The molecule has 1 atom stereocenters. The van der Waals surface area contributed by atoms with E-state index in [0.717, 1.165) is 58.5 Å². The lowest BCUT2D eigenvalue weighted by atomic mass is 9.91. The fraction of sp³-hybridized carbons (Fsp3) is 0.933. The number of rotatable bonds is 7. The first-order chi connectivity index (χ1) is 9.12. The van der Waals surface area contributed by atoms with E-state index >= 15 is 0 Å². The molecule has 1 N–H and O–H groups in total. The van der Waals surface area contributed by atoms with Crippen molar-refractivity contribution in [2.45, 2.75) is 58.0 Å². The summed E-state index contributed by atoms with van der Waals surface area (Å²) in [6, 6.07) is 2.85. The highest BCUT2D eigenvalue weighted by Crippen LogP contribution is 2.18. The third-order valence-electron chi connectivity index (χ3n) is 3.78. The van der Waals surface area contributed by atoms with Gasteiger partial charge in [0.1, 0.15) is 5.54 Å². The average molecular weight is 267 g/mol. The molecule has 0 saturated carbocycles. The van der Waals surface area contributed by atoms with E-state index in [-0.39, 0.29) is 5.54 Å². The second-order valence-electron chi connectivity index (χ2n) is 5.76. The topological polar surface area (TPSA) is 48.3 Å². The third kappa shape index (κ3) is 5.90. The summed E-state index contributed by atoms with van der Waals surface area (Å²) in [5.74, 6) is 0. The van der Waals surface area contributed by atoms with Crippen molar-refractivity contribution >= 4 is 0 Å². The predicted octanol–water partition coefficient (Wildman–Crippen LogP) is 2.16. The van der Waals surface area contributed by atoms with Crippen LogP contribution in [0.2, 0.25) is 0 Å². The number of ether oxygens (including phenoxy) is 1. The van der Waals surface area contributed by atoms with Gasteiger partial charge in [-0.3, -0.25) is 5.32 Å². The summed E-state index contributed by atoms with van der Waals surface area (Å²) in [7, 11) is 0. The standard InChI is InChI=1S/C15H29N3O/c1-4-15(13-16,17-14(2)3)7-5-8-18-9-6-11-19-12-10-18/h14,17H,4-12H2,1-3H3. The Labute approximate surface area is 118 Å². The zero-order chi connectivity index (χ0) is 14.1. The van der Waals surface area contributed by atoms with Crippen molar-refractivity contribution in [3.05, 3.63) is 0 Å². The van der Waals surface area contributed by atoms with Crippen LogP contribution in [-0.4, -0.2) is 49.3 Å². The monoisotopic (exact) mass is 267 g/mol. The summed E-state index contributed by atoms with van der Waals surface area (Å²) in [5.41, 5.74) is -0.351. The number of hydrogen-bond donors (Lipinski definition) is 1. The molecule has 0 aromatic heterocycles. The Morgan fingerprint density at radius 2 is 2.16 bits per heavy atom. The molecule has 0 radical (unpaired) electrons. The Balaban J connectivity index is 2.37. The molecule has 110 valence electrons. The van der Waals surface area contributed by atoms with Crippen molar-refractivity contribution in [1.82, 2.24) is 10.2 Å². The van der Waals surface area contributed by atoms with E-state index in [1.54, 1.807) is 0 Å². The Hall–Kier alpha value is -0.630. The fourth-order valence-corrected chi connectivity index (χ4v) is 2.70. The van der Waals surface area contributed by atoms with Gasteiger partial charge in [0.25, 0.3) is 0 Å². The Kier molecular flexibility index (Phi) is 7.37. The van der Waals surface area contributed by atoms with Crippen LogP contribution in [0.3, 0.4) is 0 Å². The van der Waals surface area contributed by atoms with Gasteiger partial charge in [-0.15, -0.1) is 0 Å². The normalized spacial score (nSPS) is 20.8. The first kappa shape index (κ1) is 16.4. The quantitative estimate of drug-likeness (QED) is 0.768. The summed E-state index contributed by atoms with van der Waals surface area (Å²) >= 11 is 0. The van der Waals surface area contributed by atoms with Crippen LogP contribution in [0.25, 0.3) is 0 Å². The van der Waals surface area contributed by atoms with Crippen molar-refractivity contribution in [2.75, 3.05) is 32.8 Å². The van der Waals surface area contributed by atoms with E-state index in [0.29, 0.717) is 6.04 Å². The van der Waals surface area contributed by atoms with Crippen LogP contribution in [0.5, 0.6) is 0 Å². The number of nitrogens with one attached hydrogen (secondary N) is 1. The van der Waals surface area contributed by atoms with Gasteiger partial charge in [-0.1, -0.05) is 6.92 Å². The van der Waals surface area contributed by atoms with E-state index in [1.165, 1.54) is 0 Å². The molecule has 1 aliphatic heterocycles. The Morgan fingerprint density at radius 1 is 1.37 bits per heavy atom. The second-order valence-corrected chi connectivity index (χ2v) is 5.76. The third-order valence-corrected chi connectivity index (χ3v) is 3.78. The molecular weight excluding hydrogens is 238 g/mol. The van der Waals surface area contributed by atoms with Crippen molar-refractivity contribution in [2.24, 2.45) is 0 Å². The van der Waals surface area contributed by atoms with Gasteiger partial charge in [-0.25, -0.2) is 0 Å². The lowest BCUT2D eigenvalue weighted by Crippen LogP contribution is -2.47. The summed E-state index contributed by atoms with van der Waals surface area (Å²) < 4.78 is 5.46. The summed E-state index contributed by atoms with van der Waals surface area (Å²) in [5, 5.41) is 12.9. The summed E-state index contributed by atoms with van der Waals surface area (Å²) in [6.45, 7) is 11.3. The molecule has 1 heterocycles. The molecule has 0 aliphatic carbocycles. The van der Waals surface area contributed by atoms with Crippen molar-refractivity contribution in [1.29, 1.82) is 5.26 Å². The molecule has 0 bridgehead atoms. The number of nitrogens with zero attached hydrogens (tertiary/aromatic N) is 2. The molecule has 19 heavy (non-hydrogen) atoms. The molecule has 0 spiro atoms. The smallest absolute Gasteiger partial charge is 0.106 e. The van der Waals surface area contributed by atoms with Gasteiger partial charge in [0.15, 0.2) is 0 Å². The molecule has 0 aromatic rings. The van der Waals surface area contributed by atoms with Gasteiger partial charge in [-0.2, -0.15) is 5.26 Å². The highest BCUT2D eigenvalue weighted by Gasteiger charge is 2.28. The summed E-state index contributed by atoms with van der Waals surface area (Å²) in [6.07, 6.45) is 3.99. The minimum absolute atomic E-state index is 0.351. The molecule has 1 saturated heterocycles. The van der Waals surface area contributed by atoms with Crippen LogP contribution in [-0.2, 0) is 4.74 Å². The molecule has 4 nitrogen and oxygen atoms in total. The van der Waals surface area contributed by atoms with Crippen LogP contribution in [0.15, 0.2) is 0 Å². The molecule has 1 unspecified atom stereocenters. The maximum atomic E-state index is 9.46. The molecule has 1 rings (SSSR count). The predicted molar refractivity (Wildman–Crippen MR) is 78.0 cm³/mol. The van der Waals surface area contributed by atoms with Crippen LogP contribution in [0, 0.1) is 11.3 Å². The number of hydrogen-bond acceptors (Lipinski definition) is 4. The van der Waals surface area contributed by atoms with Gasteiger partial charge >= 0.3 is 0 Å². The van der Waals surface area contributed by atoms with Crippen LogP contribution < -0.4 is 5.32 Å². The molecule has 1 fully saturated rings. The van der Waals surface area contributed by atoms with Crippen LogP contribution in [0.1, 0.15) is 46.5 Å². The van der Waals surface area contributed by atoms with Crippen LogP contribution in [0.4, 0.5) is 0 Å². The fourth-order valence-electron chi connectivity index (χ4n) is 2.70. The maximum absolute atomic E-state index is 9.46. The first-order valence-corrected chi connectivity index (χ1v) is 7.61. The first-order valence-electron chi connectivity index (χ1n) is 7.61. The van der Waals surface area contributed by atoms with Crippen molar-refractivity contribution in [3.8, 4) is 6.07 Å². The average Bonchev–Trinajstić information content (AvgIpc) is 2.66. The highest BCUT2D eigenvalue weighted by atomic mass is 16.5. The van der Waals surface area contributed by atoms with Gasteiger partial charge in [0, 0.05) is 25.7 Å². The zero-order valence-corrected chi connectivity index (χ0v) is 12.7. The van der Waals surface area contributed by atoms with E-state index in [4.69, 9.17) is 4.74 Å². The number of nitriles is 1. The van der Waals surface area contributed by atoms with Gasteiger partial charge in [-0.05, 0) is 46.1 Å². The minimum atomic E-state index is -0.351. The lowest BCUT2D eigenvalue weighted by Gasteiger charge is -2.30. The van der Waals surface area contributed by atoms with E-state index in [9.17, 15) is 5.26 Å². The Morgan fingerprint density at radius 3 is 2.79 bits per heavy atom. The lowest BCUT2D eigenvalue weighted by molar-refractivity contribution is 0.140. The SMILES string of the molecule is CCC(C#N)(CCCN1CCCOCC1)NC(C)C. The van der Waals surface area contributed by atoms with Crippen molar-refractivity contribution < 1.29 is 4.74 Å². The Bertz CT molecular complexity index is 280. The molecular formula is C15H29N3O. The molecule has 0 amide bonds. The van der Waals surface area contributed by atoms with E-state index < -0.39 is 0 Å². The largest absolute Gasteiger partial charge is 0.380 e. The molecule has 4 heteroatoms. The zero-order valence-electron chi connectivity index (χ0n) is 12.7. The van der Waals surface area contributed by atoms with E-state index in [2.05, 4.69) is 37.1 Å². The highest BCUT2D eigenvalue weighted by molar-refractivity contribution is 5.06. The van der Waals surface area contributed by atoms with Gasteiger partial charge < -0.3 is 9.64 Å². The molecule has 1 aliphatic rings. The maximum Gasteiger partial charge on any atom is 0.106 e. The minimum Gasteiger partial charge on any atom is -0.380 e. The van der Waals surface area contributed by atoms with Gasteiger partial charge in [0.2, 0.25) is 0 Å². The van der Waals surface area contributed by atoms with Gasteiger partial charge in [0.05, 0.1) is 12.7 Å². The second kappa shape index (κ2) is 8.52. The molecule has 0 aromatic carbocycles. The van der Waals surface area contributed by atoms with E-state index in [1.807, 2.05) is 0 Å². The van der Waals surface area contributed by atoms with Crippen molar-refractivity contribution in [3.63, 3.8) is 0 Å². The van der Waals surface area contributed by atoms with Crippen LogP contribution >= 0.6 is 0 Å².